The molecular formula is C19H35N. The number of hydrogen-bond donors (Lipinski definition) is 1. The molecule has 1 N–H and O–H groups in total. The van der Waals surface area contributed by atoms with E-state index >= 15 is 0 Å². The molecule has 0 aromatic heterocycles. The molecule has 2 aliphatic carbocycles. The molecule has 4 atom stereocenters. The molecule has 1 saturated carbocycles. The lowest BCUT2D eigenvalue weighted by atomic mass is 9.72. The highest BCUT2D eigenvalue weighted by atomic mass is 14.9. The third-order valence-electron chi connectivity index (χ3n) is 5.73. The summed E-state index contributed by atoms with van der Waals surface area (Å²) in [5.74, 6) is 2.77. The maximum absolute atomic E-state index is 3.88. The van der Waals surface area contributed by atoms with E-state index in [0.29, 0.717) is 0 Å². The van der Waals surface area contributed by atoms with Crippen LogP contribution >= 0.6 is 0 Å². The molecule has 0 saturated heterocycles. The Hall–Kier alpha value is -0.300. The van der Waals surface area contributed by atoms with E-state index in [-0.39, 0.29) is 0 Å². The smallest absolute Gasteiger partial charge is 0.0133 e. The van der Waals surface area contributed by atoms with Crippen LogP contribution in [0.2, 0.25) is 0 Å². The fourth-order valence-electron chi connectivity index (χ4n) is 4.06. The average molecular weight is 277 g/mol. The Kier molecular flexibility index (Phi) is 6.61. The fraction of sp³-hybridized carbons (Fsp3) is 0.895. The van der Waals surface area contributed by atoms with Crippen LogP contribution in [-0.2, 0) is 0 Å². The zero-order valence-corrected chi connectivity index (χ0v) is 14.0. The fourth-order valence-corrected chi connectivity index (χ4v) is 4.06. The van der Waals surface area contributed by atoms with Crippen LogP contribution in [0.3, 0.4) is 0 Å². The summed E-state index contributed by atoms with van der Waals surface area (Å²) in [6.45, 7) is 8.39. The Labute approximate surface area is 126 Å². The van der Waals surface area contributed by atoms with Crippen LogP contribution in [-0.4, -0.2) is 12.6 Å². The highest BCUT2D eigenvalue weighted by Crippen LogP contribution is 2.37. The van der Waals surface area contributed by atoms with E-state index in [1.54, 1.807) is 5.57 Å². The molecule has 0 amide bonds. The first-order valence-electron chi connectivity index (χ1n) is 9.12. The lowest BCUT2D eigenvalue weighted by Crippen LogP contribution is -2.40. The van der Waals surface area contributed by atoms with Crippen LogP contribution in [0, 0.1) is 17.8 Å². The minimum atomic E-state index is 0.745. The van der Waals surface area contributed by atoms with Crippen molar-refractivity contribution in [2.75, 3.05) is 6.54 Å². The Morgan fingerprint density at radius 1 is 1.20 bits per heavy atom. The predicted molar refractivity (Wildman–Crippen MR) is 88.9 cm³/mol. The van der Waals surface area contributed by atoms with Gasteiger partial charge in [0.25, 0.3) is 0 Å². The molecule has 0 aromatic carbocycles. The monoisotopic (exact) mass is 277 g/mol. The molecule has 20 heavy (non-hydrogen) atoms. The van der Waals surface area contributed by atoms with Gasteiger partial charge >= 0.3 is 0 Å². The van der Waals surface area contributed by atoms with Gasteiger partial charge in [-0.1, -0.05) is 38.8 Å². The third kappa shape index (κ3) is 4.62. The second-order valence-electron chi connectivity index (χ2n) is 7.40. The molecule has 1 fully saturated rings. The van der Waals surface area contributed by atoms with Crippen molar-refractivity contribution in [2.45, 2.75) is 84.6 Å². The predicted octanol–water partition coefficient (Wildman–Crippen LogP) is 5.32. The van der Waals surface area contributed by atoms with Crippen LogP contribution in [0.4, 0.5) is 0 Å². The molecule has 0 aromatic rings. The molecule has 0 heterocycles. The summed E-state index contributed by atoms with van der Waals surface area (Å²) in [6, 6.07) is 0.745. The number of allylic oxidation sites excluding steroid dienone is 1. The Morgan fingerprint density at radius 3 is 2.70 bits per heavy atom. The standard InChI is InChI=1S/C19H35N/c1-4-12-20-19(14-17-8-6-5-7-9-17)18-11-10-15(2)16(3)13-18/h8,15-16,18-20H,4-7,9-14H2,1-3H3. The molecule has 2 rings (SSSR count). The van der Waals surface area contributed by atoms with Crippen molar-refractivity contribution < 1.29 is 0 Å². The van der Waals surface area contributed by atoms with Crippen LogP contribution in [0.25, 0.3) is 0 Å². The molecule has 0 spiro atoms. The first-order chi connectivity index (χ1) is 9.70. The molecule has 1 heteroatoms. The van der Waals surface area contributed by atoms with Crippen LogP contribution in [0.5, 0.6) is 0 Å². The van der Waals surface area contributed by atoms with E-state index in [1.807, 2.05) is 0 Å². The second kappa shape index (κ2) is 8.22. The lowest BCUT2D eigenvalue weighted by Gasteiger charge is -2.38. The normalized spacial score (nSPS) is 32.8. The average Bonchev–Trinajstić information content (AvgIpc) is 2.47. The first kappa shape index (κ1) is 16.1. The highest BCUT2D eigenvalue weighted by Gasteiger charge is 2.30. The molecule has 1 nitrogen and oxygen atoms in total. The summed E-state index contributed by atoms with van der Waals surface area (Å²) in [5, 5.41) is 3.88. The van der Waals surface area contributed by atoms with E-state index in [4.69, 9.17) is 0 Å². The van der Waals surface area contributed by atoms with Gasteiger partial charge in [-0.25, -0.2) is 0 Å². The van der Waals surface area contributed by atoms with E-state index in [9.17, 15) is 0 Å². The molecule has 2 aliphatic rings. The van der Waals surface area contributed by atoms with Gasteiger partial charge in [0.05, 0.1) is 0 Å². The lowest BCUT2D eigenvalue weighted by molar-refractivity contribution is 0.169. The van der Waals surface area contributed by atoms with Crippen LogP contribution < -0.4 is 5.32 Å². The van der Waals surface area contributed by atoms with Crippen LogP contribution in [0.1, 0.15) is 78.6 Å². The van der Waals surface area contributed by atoms with Crippen LogP contribution in [0.15, 0.2) is 11.6 Å². The highest BCUT2D eigenvalue weighted by molar-refractivity contribution is 5.08. The van der Waals surface area contributed by atoms with Crippen molar-refractivity contribution in [3.8, 4) is 0 Å². The van der Waals surface area contributed by atoms with Gasteiger partial charge in [0.2, 0.25) is 0 Å². The topological polar surface area (TPSA) is 12.0 Å². The number of nitrogens with one attached hydrogen (secondary N) is 1. The van der Waals surface area contributed by atoms with Gasteiger partial charge in [-0.15, -0.1) is 0 Å². The minimum Gasteiger partial charge on any atom is -0.313 e. The molecule has 0 aliphatic heterocycles. The maximum atomic E-state index is 3.88. The molecule has 4 unspecified atom stereocenters. The van der Waals surface area contributed by atoms with Gasteiger partial charge < -0.3 is 5.32 Å². The Bertz CT molecular complexity index is 307. The first-order valence-corrected chi connectivity index (χ1v) is 9.12. The van der Waals surface area contributed by atoms with Crippen molar-refractivity contribution in [2.24, 2.45) is 17.8 Å². The van der Waals surface area contributed by atoms with E-state index in [1.165, 1.54) is 64.3 Å². The van der Waals surface area contributed by atoms with Gasteiger partial charge in [-0.05, 0) is 75.7 Å². The zero-order chi connectivity index (χ0) is 14.4. The quantitative estimate of drug-likeness (QED) is 0.648. The Morgan fingerprint density at radius 2 is 2.05 bits per heavy atom. The second-order valence-corrected chi connectivity index (χ2v) is 7.40. The molecule has 0 radical (unpaired) electrons. The Balaban J connectivity index is 1.93. The summed E-state index contributed by atoms with van der Waals surface area (Å²) in [4.78, 5) is 0. The van der Waals surface area contributed by atoms with Gasteiger partial charge in [-0.2, -0.15) is 0 Å². The van der Waals surface area contributed by atoms with Crippen molar-refractivity contribution in [3.63, 3.8) is 0 Å². The SMILES string of the molecule is CCCNC(CC1=CCCCC1)C1CCC(C)C(C)C1. The van der Waals surface area contributed by atoms with Crippen molar-refractivity contribution >= 4 is 0 Å². The summed E-state index contributed by atoms with van der Waals surface area (Å²) in [6.07, 6.45) is 15.0. The van der Waals surface area contributed by atoms with E-state index < -0.39 is 0 Å². The van der Waals surface area contributed by atoms with Crippen molar-refractivity contribution in [1.29, 1.82) is 0 Å². The van der Waals surface area contributed by atoms with Gasteiger partial charge in [-0.3, -0.25) is 0 Å². The third-order valence-corrected chi connectivity index (χ3v) is 5.73. The zero-order valence-electron chi connectivity index (χ0n) is 14.0. The molecular weight excluding hydrogens is 242 g/mol. The summed E-state index contributed by atoms with van der Waals surface area (Å²) >= 11 is 0. The number of rotatable bonds is 6. The van der Waals surface area contributed by atoms with Gasteiger partial charge in [0, 0.05) is 6.04 Å². The number of hydrogen-bond acceptors (Lipinski definition) is 1. The van der Waals surface area contributed by atoms with E-state index in [0.717, 1.165) is 23.8 Å². The van der Waals surface area contributed by atoms with Gasteiger partial charge in [0.1, 0.15) is 0 Å². The largest absolute Gasteiger partial charge is 0.313 e. The molecule has 0 bridgehead atoms. The molecule has 116 valence electrons. The summed E-state index contributed by atoms with van der Waals surface area (Å²) in [5.41, 5.74) is 1.75. The maximum Gasteiger partial charge on any atom is 0.0133 e. The van der Waals surface area contributed by atoms with Gasteiger partial charge in [0.15, 0.2) is 0 Å². The summed E-state index contributed by atoms with van der Waals surface area (Å²) in [7, 11) is 0. The van der Waals surface area contributed by atoms with Crippen molar-refractivity contribution in [3.05, 3.63) is 11.6 Å². The summed E-state index contributed by atoms with van der Waals surface area (Å²) < 4.78 is 0. The van der Waals surface area contributed by atoms with E-state index in [2.05, 4.69) is 32.2 Å². The van der Waals surface area contributed by atoms with Crippen molar-refractivity contribution in [1.82, 2.24) is 5.32 Å². The minimum absolute atomic E-state index is 0.745.